The van der Waals surface area contributed by atoms with Gasteiger partial charge in [-0.3, -0.25) is 0 Å². The summed E-state index contributed by atoms with van der Waals surface area (Å²) >= 11 is 11.8. The Morgan fingerprint density at radius 1 is 1.15 bits per heavy atom. The maximum Gasteiger partial charge on any atom is 0.246 e. The molecule has 0 unspecified atom stereocenters. The fourth-order valence-corrected chi connectivity index (χ4v) is 2.19. The summed E-state index contributed by atoms with van der Waals surface area (Å²) < 4.78 is 10.3. The second kappa shape index (κ2) is 5.56. The molecule has 2 heterocycles. The van der Waals surface area contributed by atoms with Gasteiger partial charge in [-0.2, -0.15) is 4.98 Å². The summed E-state index contributed by atoms with van der Waals surface area (Å²) in [6.07, 6.45) is 1.55. The number of halogens is 2. The highest BCUT2D eigenvalue weighted by molar-refractivity contribution is 6.35. The van der Waals surface area contributed by atoms with Gasteiger partial charge in [0, 0.05) is 15.7 Å². The van der Waals surface area contributed by atoms with Crippen molar-refractivity contribution in [2.45, 2.75) is 6.54 Å². The molecule has 3 aromatic rings. The van der Waals surface area contributed by atoms with E-state index in [9.17, 15) is 0 Å². The molecule has 2 aromatic heterocycles. The summed E-state index contributed by atoms with van der Waals surface area (Å²) in [4.78, 5) is 4.21. The number of aromatic nitrogens is 2. The first-order valence-electron chi connectivity index (χ1n) is 5.77. The van der Waals surface area contributed by atoms with Crippen LogP contribution in [0.25, 0.3) is 11.6 Å². The second-order valence-electron chi connectivity index (χ2n) is 4.00. The van der Waals surface area contributed by atoms with Crippen LogP contribution in [0.2, 0.25) is 10.0 Å². The molecule has 20 heavy (non-hydrogen) atoms. The van der Waals surface area contributed by atoms with E-state index in [1.54, 1.807) is 36.6 Å². The fourth-order valence-electron chi connectivity index (χ4n) is 1.67. The molecular weight excluding hydrogens is 301 g/mol. The lowest BCUT2D eigenvalue weighted by Crippen LogP contribution is -1.99. The number of nitrogens with one attached hydrogen (secondary N) is 1. The predicted octanol–water partition coefficient (Wildman–Crippen LogP) is 4.25. The van der Waals surface area contributed by atoms with Crippen LogP contribution in [0, 0.1) is 0 Å². The van der Waals surface area contributed by atoms with Crippen LogP contribution in [0.5, 0.6) is 0 Å². The highest BCUT2D eigenvalue weighted by Gasteiger charge is 2.10. The Morgan fingerprint density at radius 3 is 2.65 bits per heavy atom. The lowest BCUT2D eigenvalue weighted by atomic mass is 10.3. The molecule has 102 valence electrons. The molecule has 0 saturated heterocycles. The zero-order valence-corrected chi connectivity index (χ0v) is 11.6. The van der Waals surface area contributed by atoms with E-state index in [1.807, 2.05) is 0 Å². The highest BCUT2D eigenvalue weighted by Crippen LogP contribution is 2.23. The largest absolute Gasteiger partial charge is 0.461 e. The van der Waals surface area contributed by atoms with Gasteiger partial charge in [0.2, 0.25) is 11.7 Å². The van der Waals surface area contributed by atoms with Crippen molar-refractivity contribution < 1.29 is 8.94 Å². The fraction of sp³-hybridized carbons (Fsp3) is 0.0769. The second-order valence-corrected chi connectivity index (χ2v) is 4.87. The van der Waals surface area contributed by atoms with Crippen molar-refractivity contribution in [3.05, 3.63) is 52.5 Å². The minimum atomic E-state index is 0.365. The van der Waals surface area contributed by atoms with Gasteiger partial charge in [0.15, 0.2) is 5.76 Å². The van der Waals surface area contributed by atoms with E-state index in [0.717, 1.165) is 5.69 Å². The molecular formula is C13H9Cl2N3O2. The number of hydrogen-bond acceptors (Lipinski definition) is 5. The van der Waals surface area contributed by atoms with Gasteiger partial charge in [-0.1, -0.05) is 28.4 Å². The molecule has 0 radical (unpaired) electrons. The maximum absolute atomic E-state index is 5.92. The van der Waals surface area contributed by atoms with E-state index in [2.05, 4.69) is 15.5 Å². The molecule has 0 fully saturated rings. The van der Waals surface area contributed by atoms with E-state index in [-0.39, 0.29) is 0 Å². The first-order chi connectivity index (χ1) is 9.70. The molecule has 0 aliphatic heterocycles. The van der Waals surface area contributed by atoms with Gasteiger partial charge in [-0.15, -0.1) is 0 Å². The van der Waals surface area contributed by atoms with Crippen molar-refractivity contribution >= 4 is 28.9 Å². The molecule has 0 atom stereocenters. The minimum absolute atomic E-state index is 0.365. The van der Waals surface area contributed by atoms with E-state index in [4.69, 9.17) is 32.1 Å². The minimum Gasteiger partial charge on any atom is -0.461 e. The van der Waals surface area contributed by atoms with Crippen molar-refractivity contribution in [3.63, 3.8) is 0 Å². The van der Waals surface area contributed by atoms with Gasteiger partial charge in [0.1, 0.15) is 0 Å². The molecule has 3 rings (SSSR count). The Morgan fingerprint density at radius 2 is 1.95 bits per heavy atom. The Hall–Kier alpha value is -1.98. The quantitative estimate of drug-likeness (QED) is 0.780. The van der Waals surface area contributed by atoms with Crippen LogP contribution < -0.4 is 5.32 Å². The van der Waals surface area contributed by atoms with Gasteiger partial charge in [-0.05, 0) is 30.3 Å². The Bertz CT molecular complexity index is 690. The molecule has 5 nitrogen and oxygen atoms in total. The van der Waals surface area contributed by atoms with Gasteiger partial charge in [0.25, 0.3) is 0 Å². The summed E-state index contributed by atoms with van der Waals surface area (Å²) in [7, 11) is 0. The van der Waals surface area contributed by atoms with Crippen molar-refractivity contribution in [1.29, 1.82) is 0 Å². The van der Waals surface area contributed by atoms with Crippen LogP contribution in [0.15, 0.2) is 45.5 Å². The normalized spacial score (nSPS) is 10.7. The smallest absolute Gasteiger partial charge is 0.246 e. The van der Waals surface area contributed by atoms with Crippen LogP contribution in [0.1, 0.15) is 5.89 Å². The molecule has 0 amide bonds. The Labute approximate surface area is 124 Å². The average molecular weight is 310 g/mol. The van der Waals surface area contributed by atoms with Gasteiger partial charge < -0.3 is 14.3 Å². The topological polar surface area (TPSA) is 64.1 Å². The van der Waals surface area contributed by atoms with Crippen LogP contribution in [0.3, 0.4) is 0 Å². The number of benzene rings is 1. The number of furan rings is 1. The van der Waals surface area contributed by atoms with Crippen LogP contribution in [-0.2, 0) is 6.54 Å². The van der Waals surface area contributed by atoms with Crippen molar-refractivity contribution in [1.82, 2.24) is 10.1 Å². The van der Waals surface area contributed by atoms with Crippen molar-refractivity contribution in [2.75, 3.05) is 5.32 Å². The standard InChI is InChI=1S/C13H9Cl2N3O2/c14-8-4-9(15)6-10(5-8)16-7-12-17-13(18-20-12)11-2-1-3-19-11/h1-6,16H,7H2. The third kappa shape index (κ3) is 2.95. The summed E-state index contributed by atoms with van der Waals surface area (Å²) in [5, 5.41) is 8.05. The molecule has 0 aliphatic carbocycles. The lowest BCUT2D eigenvalue weighted by molar-refractivity contribution is 0.382. The van der Waals surface area contributed by atoms with Crippen LogP contribution in [-0.4, -0.2) is 10.1 Å². The van der Waals surface area contributed by atoms with Crippen molar-refractivity contribution in [3.8, 4) is 11.6 Å². The number of rotatable bonds is 4. The molecule has 0 aliphatic rings. The number of hydrogen-bond donors (Lipinski definition) is 1. The summed E-state index contributed by atoms with van der Waals surface area (Å²) in [6, 6.07) is 8.71. The number of anilines is 1. The lowest BCUT2D eigenvalue weighted by Gasteiger charge is -2.04. The maximum atomic E-state index is 5.92. The molecule has 0 saturated carbocycles. The third-order valence-corrected chi connectivity index (χ3v) is 2.95. The van der Waals surface area contributed by atoms with Gasteiger partial charge in [0.05, 0.1) is 12.8 Å². The van der Waals surface area contributed by atoms with E-state index >= 15 is 0 Å². The molecule has 0 bridgehead atoms. The van der Waals surface area contributed by atoms with Crippen molar-refractivity contribution in [2.24, 2.45) is 0 Å². The van der Waals surface area contributed by atoms with Crippen LogP contribution in [0.4, 0.5) is 5.69 Å². The third-order valence-electron chi connectivity index (χ3n) is 2.52. The average Bonchev–Trinajstić information content (AvgIpc) is 3.06. The molecule has 1 N–H and O–H groups in total. The monoisotopic (exact) mass is 309 g/mol. The summed E-state index contributed by atoms with van der Waals surface area (Å²) in [5.41, 5.74) is 0.778. The molecule has 7 heteroatoms. The first-order valence-corrected chi connectivity index (χ1v) is 6.53. The summed E-state index contributed by atoms with van der Waals surface area (Å²) in [5.74, 6) is 1.41. The first kappa shape index (κ1) is 13.0. The molecule has 0 spiro atoms. The molecule has 1 aromatic carbocycles. The van der Waals surface area contributed by atoms with E-state index in [0.29, 0.717) is 34.1 Å². The Balaban J connectivity index is 1.69. The number of nitrogens with zero attached hydrogens (tertiary/aromatic N) is 2. The highest BCUT2D eigenvalue weighted by atomic mass is 35.5. The van der Waals surface area contributed by atoms with Crippen LogP contribution >= 0.6 is 23.2 Å². The van der Waals surface area contributed by atoms with Gasteiger partial charge >= 0.3 is 0 Å². The predicted molar refractivity (Wildman–Crippen MR) is 75.8 cm³/mol. The Kier molecular flexibility index (Phi) is 3.62. The van der Waals surface area contributed by atoms with Gasteiger partial charge in [-0.25, -0.2) is 0 Å². The zero-order valence-electron chi connectivity index (χ0n) is 10.1. The van der Waals surface area contributed by atoms with E-state index in [1.165, 1.54) is 0 Å². The zero-order chi connectivity index (χ0) is 13.9. The summed E-state index contributed by atoms with van der Waals surface area (Å²) in [6.45, 7) is 0.365. The van der Waals surface area contributed by atoms with E-state index < -0.39 is 0 Å². The SMILES string of the molecule is Clc1cc(Cl)cc(NCc2nc(-c3ccco3)no2)c1.